The summed E-state index contributed by atoms with van der Waals surface area (Å²) in [6.07, 6.45) is -9.82. The molecule has 0 aliphatic carbocycles. The Hall–Kier alpha value is -2.66. The smallest absolute Gasteiger partial charge is 0.342 e. The maximum absolute atomic E-state index is 13.1. The van der Waals surface area contributed by atoms with E-state index >= 15 is 0 Å². The lowest BCUT2D eigenvalue weighted by molar-refractivity contribution is -0.143. The largest absolute Gasteiger partial charge is 0.408 e. The molecule has 0 aromatic carbocycles. The number of hydrogen-bond donors (Lipinski definition) is 2. The van der Waals surface area contributed by atoms with Gasteiger partial charge in [-0.1, -0.05) is 19.9 Å². The van der Waals surface area contributed by atoms with Crippen LogP contribution in [0.15, 0.2) is 18.2 Å². The Morgan fingerprint density at radius 1 is 0.793 bits per heavy atom. The van der Waals surface area contributed by atoms with Crippen molar-refractivity contribution in [2.75, 3.05) is 10.6 Å². The second-order valence-corrected chi connectivity index (χ2v) is 6.26. The second kappa shape index (κ2) is 8.78. The fourth-order valence-electron chi connectivity index (χ4n) is 2.43. The molecule has 0 spiro atoms. The van der Waals surface area contributed by atoms with Crippen LogP contribution in [0.25, 0.3) is 11.5 Å². The lowest BCUT2D eigenvalue weighted by Gasteiger charge is -2.22. The van der Waals surface area contributed by atoms with Crippen LogP contribution in [-0.4, -0.2) is 44.4 Å². The summed E-state index contributed by atoms with van der Waals surface area (Å²) in [5.41, 5.74) is 0.772. The number of anilines is 2. The van der Waals surface area contributed by atoms with Crippen molar-refractivity contribution in [2.45, 2.75) is 58.0 Å². The molecule has 2 aromatic heterocycles. The summed E-state index contributed by atoms with van der Waals surface area (Å²) in [6, 6.07) is 0.854. The van der Waals surface area contributed by atoms with E-state index in [1.165, 1.54) is 19.9 Å². The van der Waals surface area contributed by atoms with Gasteiger partial charge in [0.2, 0.25) is 11.9 Å². The van der Waals surface area contributed by atoms with Crippen LogP contribution < -0.4 is 10.6 Å². The van der Waals surface area contributed by atoms with Crippen molar-refractivity contribution in [3.05, 3.63) is 23.9 Å². The molecule has 2 heterocycles. The zero-order chi connectivity index (χ0) is 21.8. The number of rotatable bonds is 7. The summed E-state index contributed by atoms with van der Waals surface area (Å²) in [6.45, 7) is 4.30. The minimum atomic E-state index is -4.59. The predicted octanol–water partition coefficient (Wildman–Crippen LogP) is 4.75. The first-order valence-electron chi connectivity index (χ1n) is 8.80. The number of aromatic nitrogens is 4. The van der Waals surface area contributed by atoms with Crippen LogP contribution in [0, 0.1) is 6.92 Å². The Balaban J connectivity index is 2.48. The van der Waals surface area contributed by atoms with E-state index in [9.17, 15) is 26.3 Å². The molecule has 160 valence electrons. The lowest BCUT2D eigenvalue weighted by atomic mass is 10.2. The van der Waals surface area contributed by atoms with Crippen molar-refractivity contribution in [1.82, 2.24) is 19.9 Å². The van der Waals surface area contributed by atoms with Gasteiger partial charge in [-0.15, -0.1) is 0 Å². The van der Waals surface area contributed by atoms with Gasteiger partial charge in [-0.25, -0.2) is 4.98 Å². The third-order valence-electron chi connectivity index (χ3n) is 3.97. The van der Waals surface area contributed by atoms with Crippen molar-refractivity contribution in [2.24, 2.45) is 0 Å². The maximum atomic E-state index is 13.1. The molecule has 0 aliphatic heterocycles. The van der Waals surface area contributed by atoms with Gasteiger partial charge in [0.05, 0.1) is 0 Å². The van der Waals surface area contributed by atoms with Gasteiger partial charge in [0.15, 0.2) is 5.82 Å². The van der Waals surface area contributed by atoms with E-state index < -0.39 is 36.3 Å². The summed E-state index contributed by atoms with van der Waals surface area (Å²) in [4.78, 5) is 15.7. The maximum Gasteiger partial charge on any atom is 0.408 e. The SMILES string of the molecule is CCC(Nc1nc(N[C@H](CC)C(F)(F)F)nc(-c2cccc(C)n2)n1)C(F)(F)F. The molecule has 2 aromatic rings. The van der Waals surface area contributed by atoms with Crippen LogP contribution in [0.5, 0.6) is 0 Å². The van der Waals surface area contributed by atoms with Crippen molar-refractivity contribution in [3.8, 4) is 11.5 Å². The first-order valence-corrected chi connectivity index (χ1v) is 8.80. The molecule has 0 aliphatic rings. The Kier molecular flexibility index (Phi) is 6.85. The molecular formula is C17H20F6N6. The number of alkyl halides is 6. The first-order chi connectivity index (χ1) is 13.4. The molecule has 0 bridgehead atoms. The molecule has 0 saturated carbocycles. The van der Waals surface area contributed by atoms with Crippen LogP contribution in [0.3, 0.4) is 0 Å². The number of nitrogens with zero attached hydrogens (tertiary/aromatic N) is 4. The van der Waals surface area contributed by atoms with Crippen LogP contribution >= 0.6 is 0 Å². The van der Waals surface area contributed by atoms with Crippen LogP contribution in [0.4, 0.5) is 38.2 Å². The fraction of sp³-hybridized carbons (Fsp3) is 0.529. The average Bonchev–Trinajstić information content (AvgIpc) is 2.62. The predicted molar refractivity (Wildman–Crippen MR) is 95.3 cm³/mol. The van der Waals surface area contributed by atoms with Crippen LogP contribution in [0.1, 0.15) is 32.4 Å². The molecule has 2 N–H and O–H groups in total. The van der Waals surface area contributed by atoms with Crippen molar-refractivity contribution in [1.29, 1.82) is 0 Å². The fourth-order valence-corrected chi connectivity index (χ4v) is 2.43. The minimum absolute atomic E-state index is 0.150. The number of halogens is 6. The Bertz CT molecular complexity index is 781. The Morgan fingerprint density at radius 3 is 1.66 bits per heavy atom. The summed E-state index contributed by atoms with van der Waals surface area (Å²) < 4.78 is 78.6. The number of nitrogens with one attached hydrogen (secondary N) is 2. The summed E-state index contributed by atoms with van der Waals surface area (Å²) in [7, 11) is 0. The molecule has 29 heavy (non-hydrogen) atoms. The van der Waals surface area contributed by atoms with Gasteiger partial charge in [-0.2, -0.15) is 41.3 Å². The average molecular weight is 422 g/mol. The molecule has 1 unspecified atom stereocenters. The normalized spacial score (nSPS) is 14.4. The van der Waals surface area contributed by atoms with Crippen molar-refractivity contribution >= 4 is 11.9 Å². The third kappa shape index (κ3) is 6.16. The highest BCUT2D eigenvalue weighted by Gasteiger charge is 2.40. The molecule has 2 atom stereocenters. The van der Waals surface area contributed by atoms with Crippen molar-refractivity contribution < 1.29 is 26.3 Å². The van der Waals surface area contributed by atoms with Gasteiger partial charge in [0.25, 0.3) is 0 Å². The van der Waals surface area contributed by atoms with Crippen LogP contribution in [-0.2, 0) is 0 Å². The Morgan fingerprint density at radius 2 is 1.28 bits per heavy atom. The Labute approximate surface area is 163 Å². The van der Waals surface area contributed by atoms with E-state index in [1.54, 1.807) is 19.1 Å². The molecule has 2 rings (SSSR count). The van der Waals surface area contributed by atoms with E-state index in [0.717, 1.165) is 0 Å². The molecule has 0 radical (unpaired) electrons. The minimum Gasteiger partial charge on any atom is -0.342 e. The lowest BCUT2D eigenvalue weighted by Crippen LogP contribution is -2.37. The van der Waals surface area contributed by atoms with E-state index in [-0.39, 0.29) is 24.4 Å². The second-order valence-electron chi connectivity index (χ2n) is 6.26. The van der Waals surface area contributed by atoms with Gasteiger partial charge < -0.3 is 10.6 Å². The highest BCUT2D eigenvalue weighted by atomic mass is 19.4. The zero-order valence-corrected chi connectivity index (χ0v) is 15.9. The van der Waals surface area contributed by atoms with Gasteiger partial charge in [0.1, 0.15) is 17.8 Å². The summed E-state index contributed by atoms with van der Waals surface area (Å²) in [5.74, 6) is -1.15. The van der Waals surface area contributed by atoms with Gasteiger partial charge in [0, 0.05) is 5.69 Å². The number of aryl methyl sites for hydroxylation is 1. The standard InChI is InChI=1S/C17H20F6N6/c1-4-11(16(18,19)20)25-14-27-13(10-8-6-7-9(3)24-10)28-15(29-14)26-12(5-2)17(21,22)23/h6-8,11-12H,4-5H2,1-3H3,(H2,25,26,27,28,29)/t11-,12?/m1/s1. The molecule has 6 nitrogen and oxygen atoms in total. The van der Waals surface area contributed by atoms with E-state index in [4.69, 9.17) is 0 Å². The zero-order valence-electron chi connectivity index (χ0n) is 15.9. The van der Waals surface area contributed by atoms with Crippen molar-refractivity contribution in [3.63, 3.8) is 0 Å². The van der Waals surface area contributed by atoms with Crippen LogP contribution in [0.2, 0.25) is 0 Å². The highest BCUT2D eigenvalue weighted by molar-refractivity contribution is 5.54. The van der Waals surface area contributed by atoms with E-state index in [2.05, 4.69) is 30.6 Å². The summed E-state index contributed by atoms with van der Waals surface area (Å²) in [5, 5.41) is 4.26. The van der Waals surface area contributed by atoms with Gasteiger partial charge >= 0.3 is 12.4 Å². The first kappa shape index (κ1) is 22.6. The van der Waals surface area contributed by atoms with E-state index in [0.29, 0.717) is 5.69 Å². The number of hydrogen-bond acceptors (Lipinski definition) is 6. The third-order valence-corrected chi connectivity index (χ3v) is 3.97. The van der Waals surface area contributed by atoms with Gasteiger partial charge in [-0.05, 0) is 31.9 Å². The molecule has 0 fully saturated rings. The quantitative estimate of drug-likeness (QED) is 0.628. The topological polar surface area (TPSA) is 75.6 Å². The molecular weight excluding hydrogens is 402 g/mol. The molecule has 0 amide bonds. The monoisotopic (exact) mass is 422 g/mol. The molecule has 12 heteroatoms. The van der Waals surface area contributed by atoms with Gasteiger partial charge in [-0.3, -0.25) is 0 Å². The molecule has 0 saturated heterocycles. The number of pyridine rings is 1. The highest BCUT2D eigenvalue weighted by Crippen LogP contribution is 2.28. The van der Waals surface area contributed by atoms with E-state index in [1.807, 2.05) is 0 Å². The summed E-state index contributed by atoms with van der Waals surface area (Å²) >= 11 is 0.